The van der Waals surface area contributed by atoms with Crippen LogP contribution in [0.4, 0.5) is 5.69 Å². The first-order valence-corrected chi connectivity index (χ1v) is 9.73. The lowest BCUT2D eigenvalue weighted by Crippen LogP contribution is -2.27. The standard InChI is InChI=1S/C18H19N3O4S/c19-26(24,25)16-9-5-13(6-10-16)17(22)20-15-7-3-14(4-8-15)18(23)21-11-1-2-12-21/h3-10H,1-2,11-12H2,(H,20,22)(H2,19,24,25). The number of rotatable bonds is 4. The van der Waals surface area contributed by atoms with E-state index in [1.54, 1.807) is 24.3 Å². The molecule has 7 nitrogen and oxygen atoms in total. The van der Waals surface area contributed by atoms with Gasteiger partial charge < -0.3 is 10.2 Å². The van der Waals surface area contributed by atoms with Crippen molar-refractivity contribution in [1.29, 1.82) is 0 Å². The third-order valence-corrected chi connectivity index (χ3v) is 5.16. The normalized spacial score (nSPS) is 14.3. The molecule has 0 aliphatic carbocycles. The molecule has 136 valence electrons. The summed E-state index contributed by atoms with van der Waals surface area (Å²) in [5.74, 6) is -0.386. The number of carbonyl (C=O) groups is 2. The zero-order chi connectivity index (χ0) is 18.7. The predicted octanol–water partition coefficient (Wildman–Crippen LogP) is 1.82. The molecule has 0 bridgehead atoms. The van der Waals surface area contributed by atoms with E-state index in [1.165, 1.54) is 24.3 Å². The topological polar surface area (TPSA) is 110 Å². The number of nitrogens with two attached hydrogens (primary N) is 1. The van der Waals surface area contributed by atoms with E-state index in [0.29, 0.717) is 16.8 Å². The van der Waals surface area contributed by atoms with Crippen molar-refractivity contribution in [2.45, 2.75) is 17.7 Å². The minimum absolute atomic E-state index is 0.000964. The summed E-state index contributed by atoms with van der Waals surface area (Å²) < 4.78 is 22.5. The molecule has 0 saturated carbocycles. The first-order chi connectivity index (χ1) is 12.3. The van der Waals surface area contributed by atoms with Crippen LogP contribution in [0.2, 0.25) is 0 Å². The third kappa shape index (κ3) is 4.09. The van der Waals surface area contributed by atoms with Crippen molar-refractivity contribution in [3.05, 3.63) is 59.7 Å². The van der Waals surface area contributed by atoms with Crippen LogP contribution in [0.5, 0.6) is 0 Å². The maximum Gasteiger partial charge on any atom is 0.255 e. The monoisotopic (exact) mass is 373 g/mol. The van der Waals surface area contributed by atoms with Gasteiger partial charge in [-0.3, -0.25) is 9.59 Å². The Morgan fingerprint density at radius 3 is 1.96 bits per heavy atom. The van der Waals surface area contributed by atoms with Crippen molar-refractivity contribution in [1.82, 2.24) is 4.90 Å². The lowest BCUT2D eigenvalue weighted by Gasteiger charge is -2.15. The average Bonchev–Trinajstić information content (AvgIpc) is 3.16. The Kier molecular flexibility index (Phi) is 5.06. The molecule has 0 atom stereocenters. The van der Waals surface area contributed by atoms with Gasteiger partial charge in [0.25, 0.3) is 11.8 Å². The van der Waals surface area contributed by atoms with Gasteiger partial charge in [-0.2, -0.15) is 0 Å². The van der Waals surface area contributed by atoms with E-state index in [2.05, 4.69) is 5.32 Å². The highest BCUT2D eigenvalue weighted by Gasteiger charge is 2.19. The molecule has 2 aromatic carbocycles. The van der Waals surface area contributed by atoms with Crippen molar-refractivity contribution in [3.63, 3.8) is 0 Å². The Labute approximate surface area is 151 Å². The van der Waals surface area contributed by atoms with Crippen LogP contribution in [-0.4, -0.2) is 38.2 Å². The molecule has 2 aromatic rings. The third-order valence-electron chi connectivity index (χ3n) is 4.23. The van der Waals surface area contributed by atoms with Crippen molar-refractivity contribution in [3.8, 4) is 0 Å². The fourth-order valence-electron chi connectivity index (χ4n) is 2.80. The first kappa shape index (κ1) is 18.1. The van der Waals surface area contributed by atoms with Gasteiger partial charge in [-0.15, -0.1) is 0 Å². The molecule has 3 N–H and O–H groups in total. The number of hydrogen-bond acceptors (Lipinski definition) is 4. The summed E-state index contributed by atoms with van der Waals surface area (Å²) in [5, 5.41) is 7.74. The number of likely N-dealkylation sites (tertiary alicyclic amines) is 1. The summed E-state index contributed by atoms with van der Waals surface area (Å²) in [6.45, 7) is 1.57. The van der Waals surface area contributed by atoms with Crippen LogP contribution in [0, 0.1) is 0 Å². The Bertz CT molecular complexity index is 916. The fourth-order valence-corrected chi connectivity index (χ4v) is 3.31. The van der Waals surface area contributed by atoms with E-state index < -0.39 is 10.0 Å². The molecule has 1 heterocycles. The number of carbonyl (C=O) groups excluding carboxylic acids is 2. The van der Waals surface area contributed by atoms with E-state index in [9.17, 15) is 18.0 Å². The Hall–Kier alpha value is -2.71. The smallest absolute Gasteiger partial charge is 0.255 e. The number of anilines is 1. The quantitative estimate of drug-likeness (QED) is 0.852. The van der Waals surface area contributed by atoms with Gasteiger partial charge in [0.15, 0.2) is 0 Å². The molecular formula is C18H19N3O4S. The van der Waals surface area contributed by atoms with Gasteiger partial charge in [-0.1, -0.05) is 0 Å². The molecule has 1 aliphatic rings. The number of amides is 2. The first-order valence-electron chi connectivity index (χ1n) is 8.18. The number of hydrogen-bond donors (Lipinski definition) is 2. The Morgan fingerprint density at radius 1 is 0.885 bits per heavy atom. The van der Waals surface area contributed by atoms with E-state index >= 15 is 0 Å². The van der Waals surface area contributed by atoms with Gasteiger partial charge in [-0.05, 0) is 61.4 Å². The summed E-state index contributed by atoms with van der Waals surface area (Å²) in [6.07, 6.45) is 2.06. The SMILES string of the molecule is NS(=O)(=O)c1ccc(C(=O)Nc2ccc(C(=O)N3CCCC3)cc2)cc1. The number of primary sulfonamides is 1. The molecule has 3 rings (SSSR count). The number of nitrogens with one attached hydrogen (secondary N) is 1. The molecule has 26 heavy (non-hydrogen) atoms. The maximum atomic E-state index is 12.3. The summed E-state index contributed by atoms with van der Waals surface area (Å²) in [7, 11) is -3.79. The van der Waals surface area contributed by atoms with Gasteiger partial charge in [0.05, 0.1) is 4.90 Å². The van der Waals surface area contributed by atoms with Gasteiger partial charge in [0.1, 0.15) is 0 Å². The molecule has 1 aliphatic heterocycles. The Balaban J connectivity index is 1.66. The van der Waals surface area contributed by atoms with E-state index in [0.717, 1.165) is 25.9 Å². The second-order valence-electron chi connectivity index (χ2n) is 6.10. The number of nitrogens with zero attached hydrogens (tertiary/aromatic N) is 1. The zero-order valence-corrected chi connectivity index (χ0v) is 14.8. The van der Waals surface area contributed by atoms with Crippen LogP contribution < -0.4 is 10.5 Å². The van der Waals surface area contributed by atoms with E-state index in [-0.39, 0.29) is 16.7 Å². The fraction of sp³-hybridized carbons (Fsp3) is 0.222. The van der Waals surface area contributed by atoms with Crippen LogP contribution >= 0.6 is 0 Å². The van der Waals surface area contributed by atoms with Crippen molar-refractivity contribution < 1.29 is 18.0 Å². The van der Waals surface area contributed by atoms with Gasteiger partial charge in [0.2, 0.25) is 10.0 Å². The minimum Gasteiger partial charge on any atom is -0.339 e. The highest BCUT2D eigenvalue weighted by molar-refractivity contribution is 7.89. The number of sulfonamides is 1. The maximum absolute atomic E-state index is 12.3. The van der Waals surface area contributed by atoms with Gasteiger partial charge in [-0.25, -0.2) is 13.6 Å². The summed E-state index contributed by atoms with van der Waals surface area (Å²) in [4.78, 5) is 26.3. The largest absolute Gasteiger partial charge is 0.339 e. The lowest BCUT2D eigenvalue weighted by atomic mass is 10.1. The second-order valence-corrected chi connectivity index (χ2v) is 7.66. The molecule has 2 amide bonds. The number of benzene rings is 2. The highest BCUT2D eigenvalue weighted by Crippen LogP contribution is 2.16. The summed E-state index contributed by atoms with van der Waals surface area (Å²) in [5.41, 5.74) is 1.43. The molecule has 1 saturated heterocycles. The van der Waals surface area contributed by atoms with Crippen molar-refractivity contribution >= 4 is 27.5 Å². The van der Waals surface area contributed by atoms with Crippen molar-refractivity contribution in [2.75, 3.05) is 18.4 Å². The van der Waals surface area contributed by atoms with E-state index in [1.807, 2.05) is 4.90 Å². The summed E-state index contributed by atoms with van der Waals surface area (Å²) in [6, 6.07) is 12.0. The molecule has 0 unspecified atom stereocenters. The van der Waals surface area contributed by atoms with Crippen LogP contribution in [0.3, 0.4) is 0 Å². The van der Waals surface area contributed by atoms with Crippen LogP contribution in [0.1, 0.15) is 33.6 Å². The minimum atomic E-state index is -3.79. The average molecular weight is 373 g/mol. The van der Waals surface area contributed by atoms with Crippen LogP contribution in [0.15, 0.2) is 53.4 Å². The van der Waals surface area contributed by atoms with Crippen LogP contribution in [-0.2, 0) is 10.0 Å². The lowest BCUT2D eigenvalue weighted by molar-refractivity contribution is 0.0792. The Morgan fingerprint density at radius 2 is 1.42 bits per heavy atom. The van der Waals surface area contributed by atoms with E-state index in [4.69, 9.17) is 5.14 Å². The zero-order valence-electron chi connectivity index (χ0n) is 14.0. The molecular weight excluding hydrogens is 354 g/mol. The molecule has 1 fully saturated rings. The summed E-state index contributed by atoms with van der Waals surface area (Å²) >= 11 is 0. The second kappa shape index (κ2) is 7.27. The molecule has 0 aromatic heterocycles. The molecule has 0 radical (unpaired) electrons. The molecule has 0 spiro atoms. The highest BCUT2D eigenvalue weighted by atomic mass is 32.2. The van der Waals surface area contributed by atoms with Gasteiger partial charge >= 0.3 is 0 Å². The van der Waals surface area contributed by atoms with Gasteiger partial charge in [0, 0.05) is 29.9 Å². The molecule has 8 heteroatoms. The predicted molar refractivity (Wildman–Crippen MR) is 97.3 cm³/mol. The van der Waals surface area contributed by atoms with Crippen molar-refractivity contribution in [2.24, 2.45) is 5.14 Å². The van der Waals surface area contributed by atoms with Crippen LogP contribution in [0.25, 0.3) is 0 Å².